The number of rotatable bonds is 6. The van der Waals surface area contributed by atoms with Gasteiger partial charge in [0.15, 0.2) is 6.61 Å². The highest BCUT2D eigenvalue weighted by molar-refractivity contribution is 6.32. The first-order valence-corrected chi connectivity index (χ1v) is 9.14. The third-order valence-corrected chi connectivity index (χ3v) is 4.65. The summed E-state index contributed by atoms with van der Waals surface area (Å²) in [7, 11) is 0. The predicted octanol–water partition coefficient (Wildman–Crippen LogP) is 4.32. The molecule has 0 saturated heterocycles. The highest BCUT2D eigenvalue weighted by atomic mass is 35.5. The normalized spacial score (nSPS) is 10.9. The average molecular weight is 404 g/mol. The number of carbonyl (C=O) groups is 1. The number of carbonyl (C=O) groups excluding carboxylic acids is 1. The van der Waals surface area contributed by atoms with E-state index < -0.39 is 5.63 Å². The number of ether oxygens (including phenoxy) is 1. The Bertz CT molecular complexity index is 1080. The van der Waals surface area contributed by atoms with Crippen molar-refractivity contribution in [3.63, 3.8) is 0 Å². The molecular formula is C21H19ClFNO4. The largest absolute Gasteiger partial charge is 0.482 e. The molecule has 0 bridgehead atoms. The molecule has 7 heteroatoms. The molecule has 0 aliphatic carbocycles. The van der Waals surface area contributed by atoms with Gasteiger partial charge in [0.1, 0.15) is 17.1 Å². The van der Waals surface area contributed by atoms with E-state index in [1.165, 1.54) is 24.3 Å². The van der Waals surface area contributed by atoms with E-state index in [-0.39, 0.29) is 30.6 Å². The fourth-order valence-corrected chi connectivity index (χ4v) is 3.11. The van der Waals surface area contributed by atoms with Crippen molar-refractivity contribution in [3.8, 4) is 5.75 Å². The molecule has 146 valence electrons. The Kier molecular flexibility index (Phi) is 5.99. The first-order valence-electron chi connectivity index (χ1n) is 8.76. The monoisotopic (exact) mass is 403 g/mol. The van der Waals surface area contributed by atoms with Crippen molar-refractivity contribution in [2.75, 3.05) is 13.2 Å². The third-order valence-electron chi connectivity index (χ3n) is 4.35. The third kappa shape index (κ3) is 4.51. The molecular weight excluding hydrogens is 385 g/mol. The van der Waals surface area contributed by atoms with Gasteiger partial charge in [-0.2, -0.15) is 0 Å². The lowest BCUT2D eigenvalue weighted by molar-refractivity contribution is -0.133. The van der Waals surface area contributed by atoms with Crippen LogP contribution in [0, 0.1) is 12.7 Å². The van der Waals surface area contributed by atoms with E-state index in [2.05, 4.69) is 0 Å². The van der Waals surface area contributed by atoms with E-state index in [0.29, 0.717) is 28.1 Å². The molecule has 0 atom stereocenters. The van der Waals surface area contributed by atoms with Gasteiger partial charge < -0.3 is 14.1 Å². The van der Waals surface area contributed by atoms with E-state index in [1.807, 2.05) is 6.92 Å². The van der Waals surface area contributed by atoms with Crippen LogP contribution in [0.2, 0.25) is 5.02 Å². The van der Waals surface area contributed by atoms with E-state index in [1.54, 1.807) is 30.0 Å². The highest BCUT2D eigenvalue weighted by Crippen LogP contribution is 2.31. The fourth-order valence-electron chi connectivity index (χ4n) is 2.89. The second kappa shape index (κ2) is 8.44. The maximum Gasteiger partial charge on any atom is 0.336 e. The van der Waals surface area contributed by atoms with Crippen LogP contribution < -0.4 is 10.4 Å². The predicted molar refractivity (Wildman–Crippen MR) is 105 cm³/mol. The van der Waals surface area contributed by atoms with Gasteiger partial charge in [0, 0.05) is 30.6 Å². The van der Waals surface area contributed by atoms with Gasteiger partial charge in [-0.05, 0) is 43.2 Å². The lowest BCUT2D eigenvalue weighted by Gasteiger charge is -2.21. The van der Waals surface area contributed by atoms with Crippen LogP contribution in [0.15, 0.2) is 51.7 Å². The molecule has 28 heavy (non-hydrogen) atoms. The number of likely N-dealkylation sites (N-methyl/N-ethyl adjacent to an activating group) is 1. The molecule has 1 amide bonds. The molecule has 0 aliphatic rings. The molecule has 1 heterocycles. The quantitative estimate of drug-likeness (QED) is 0.575. The lowest BCUT2D eigenvalue weighted by Crippen LogP contribution is -2.34. The van der Waals surface area contributed by atoms with Gasteiger partial charge in [-0.3, -0.25) is 4.79 Å². The van der Waals surface area contributed by atoms with Crippen LogP contribution >= 0.6 is 11.6 Å². The molecule has 0 fully saturated rings. The summed E-state index contributed by atoms with van der Waals surface area (Å²) in [6, 6.07) is 10.6. The maximum absolute atomic E-state index is 13.3. The van der Waals surface area contributed by atoms with E-state index in [0.717, 1.165) is 5.56 Å². The number of benzene rings is 2. The van der Waals surface area contributed by atoms with Gasteiger partial charge in [-0.15, -0.1) is 0 Å². The summed E-state index contributed by atoms with van der Waals surface area (Å²) in [4.78, 5) is 25.6. The Morgan fingerprint density at radius 2 is 2.04 bits per heavy atom. The summed E-state index contributed by atoms with van der Waals surface area (Å²) in [5.41, 5.74) is 1.30. The summed E-state index contributed by atoms with van der Waals surface area (Å²) in [6.07, 6.45) is 0. The number of aryl methyl sites for hydroxylation is 1. The Balaban J connectivity index is 1.74. The summed E-state index contributed by atoms with van der Waals surface area (Å²) in [6.45, 7) is 4.08. The molecule has 2 aromatic carbocycles. The van der Waals surface area contributed by atoms with Crippen molar-refractivity contribution < 1.29 is 18.3 Å². The van der Waals surface area contributed by atoms with Crippen molar-refractivity contribution >= 4 is 28.5 Å². The number of hydrogen-bond acceptors (Lipinski definition) is 4. The average Bonchev–Trinajstić information content (AvgIpc) is 2.65. The van der Waals surface area contributed by atoms with Crippen molar-refractivity contribution in [2.45, 2.75) is 20.4 Å². The zero-order valence-corrected chi connectivity index (χ0v) is 16.3. The lowest BCUT2D eigenvalue weighted by atomic mass is 10.1. The molecule has 0 saturated carbocycles. The fraction of sp³-hybridized carbons (Fsp3) is 0.238. The van der Waals surface area contributed by atoms with Gasteiger partial charge >= 0.3 is 5.63 Å². The smallest absolute Gasteiger partial charge is 0.336 e. The minimum atomic E-state index is -0.471. The zero-order valence-electron chi connectivity index (χ0n) is 15.5. The molecule has 1 aromatic heterocycles. The molecule has 0 unspecified atom stereocenters. The molecule has 0 radical (unpaired) electrons. The molecule has 3 aromatic rings. The Morgan fingerprint density at radius 3 is 2.75 bits per heavy atom. The molecule has 3 rings (SSSR count). The molecule has 5 nitrogen and oxygen atoms in total. The summed E-state index contributed by atoms with van der Waals surface area (Å²) in [5.74, 6) is -0.372. The van der Waals surface area contributed by atoms with Crippen LogP contribution in [0.25, 0.3) is 11.0 Å². The number of fused-ring (bicyclic) bond motifs is 1. The number of amides is 1. The van der Waals surface area contributed by atoms with Crippen molar-refractivity contribution in [2.24, 2.45) is 0 Å². The standard InChI is InChI=1S/C21H19ClFNO4/c1-3-24(11-14-5-4-6-15(23)8-14)20(25)12-27-19-10-18-16(9-17(19)22)13(2)7-21(26)28-18/h4-10H,3,11-12H2,1-2H3. The first kappa shape index (κ1) is 19.9. The second-order valence-corrected chi connectivity index (χ2v) is 6.76. The van der Waals surface area contributed by atoms with Gasteiger partial charge in [0.2, 0.25) is 0 Å². The minimum Gasteiger partial charge on any atom is -0.482 e. The Labute approximate surface area is 166 Å². The Hall–Kier alpha value is -2.86. The van der Waals surface area contributed by atoms with Crippen molar-refractivity contribution in [1.82, 2.24) is 4.90 Å². The van der Waals surface area contributed by atoms with Gasteiger partial charge in [0.05, 0.1) is 5.02 Å². The van der Waals surface area contributed by atoms with Crippen molar-refractivity contribution in [3.05, 3.63) is 74.9 Å². The van der Waals surface area contributed by atoms with Crippen LogP contribution in [-0.2, 0) is 11.3 Å². The zero-order chi connectivity index (χ0) is 20.3. The summed E-state index contributed by atoms with van der Waals surface area (Å²) < 4.78 is 24.1. The Morgan fingerprint density at radius 1 is 1.25 bits per heavy atom. The molecule has 0 aliphatic heterocycles. The SMILES string of the molecule is CCN(Cc1cccc(F)c1)C(=O)COc1cc2oc(=O)cc(C)c2cc1Cl. The maximum atomic E-state index is 13.3. The van der Waals surface area contributed by atoms with E-state index >= 15 is 0 Å². The van der Waals surface area contributed by atoms with E-state index in [9.17, 15) is 14.0 Å². The summed E-state index contributed by atoms with van der Waals surface area (Å²) >= 11 is 6.25. The number of hydrogen-bond donors (Lipinski definition) is 0. The van der Waals surface area contributed by atoms with Crippen LogP contribution in [0.3, 0.4) is 0 Å². The van der Waals surface area contributed by atoms with Crippen molar-refractivity contribution in [1.29, 1.82) is 0 Å². The highest BCUT2D eigenvalue weighted by Gasteiger charge is 2.15. The van der Waals surface area contributed by atoms with Crippen LogP contribution in [0.1, 0.15) is 18.1 Å². The second-order valence-electron chi connectivity index (χ2n) is 6.35. The van der Waals surface area contributed by atoms with Crippen LogP contribution in [0.4, 0.5) is 4.39 Å². The topological polar surface area (TPSA) is 59.8 Å². The summed E-state index contributed by atoms with van der Waals surface area (Å²) in [5, 5.41) is 1.01. The van der Waals surface area contributed by atoms with Crippen LogP contribution in [0.5, 0.6) is 5.75 Å². The van der Waals surface area contributed by atoms with Gasteiger partial charge in [-0.25, -0.2) is 9.18 Å². The number of halogens is 2. The molecule has 0 N–H and O–H groups in total. The van der Waals surface area contributed by atoms with E-state index in [4.69, 9.17) is 20.8 Å². The first-order chi connectivity index (χ1) is 13.4. The van der Waals surface area contributed by atoms with Crippen LogP contribution in [-0.4, -0.2) is 24.0 Å². The van der Waals surface area contributed by atoms with Gasteiger partial charge in [0.25, 0.3) is 5.91 Å². The minimum absolute atomic E-state index is 0.246. The number of nitrogens with zero attached hydrogens (tertiary/aromatic N) is 1. The van der Waals surface area contributed by atoms with Gasteiger partial charge in [-0.1, -0.05) is 23.7 Å². The molecule has 0 spiro atoms.